The van der Waals surface area contributed by atoms with Crippen LogP contribution in [0.1, 0.15) is 31.4 Å². The van der Waals surface area contributed by atoms with Crippen molar-refractivity contribution < 1.29 is 23.0 Å². The zero-order chi connectivity index (χ0) is 22.9. The monoisotopic (exact) mass is 452 g/mol. The molecule has 32 heavy (non-hydrogen) atoms. The summed E-state index contributed by atoms with van der Waals surface area (Å²) in [5, 5.41) is 4.35. The number of nitrogens with one attached hydrogen (secondary N) is 1. The van der Waals surface area contributed by atoms with E-state index in [4.69, 9.17) is 9.47 Å². The van der Waals surface area contributed by atoms with Gasteiger partial charge in [0.1, 0.15) is 18.1 Å². The Kier molecular flexibility index (Phi) is 6.22. The van der Waals surface area contributed by atoms with Gasteiger partial charge in [-0.2, -0.15) is 0 Å². The number of benzene rings is 3. The Labute approximate surface area is 190 Å². The Morgan fingerprint density at radius 2 is 1.88 bits per heavy atom. The second-order valence-electron chi connectivity index (χ2n) is 8.52. The summed E-state index contributed by atoms with van der Waals surface area (Å²) in [6.07, 6.45) is 1.05. The molecule has 2 unspecified atom stereocenters. The summed E-state index contributed by atoms with van der Waals surface area (Å²) >= 11 is -2.27. The summed E-state index contributed by atoms with van der Waals surface area (Å²) in [6.45, 7) is 3.76. The van der Waals surface area contributed by atoms with Crippen LogP contribution in [0.3, 0.4) is 0 Å². The molecule has 0 radical (unpaired) electrons. The van der Waals surface area contributed by atoms with Gasteiger partial charge in [-0.1, -0.05) is 24.3 Å². The maximum Gasteiger partial charge on any atom is 0.234 e. The SMILES string of the molecule is COc1ccc2c(CCC(COc3ccc4c(c3)C(C)(C)C(=O)N4)S(=O)[O-])cccc2c1. The fraction of sp³-hybridized carbons (Fsp3) is 0.320. The predicted octanol–water partition coefficient (Wildman–Crippen LogP) is 4.34. The number of aryl methyl sites for hydroxylation is 1. The molecule has 4 rings (SSSR count). The Hall–Kier alpha value is -2.90. The highest BCUT2D eigenvalue weighted by atomic mass is 32.2. The van der Waals surface area contributed by atoms with Gasteiger partial charge in [0.2, 0.25) is 5.91 Å². The van der Waals surface area contributed by atoms with Crippen LogP contribution < -0.4 is 14.8 Å². The number of carbonyl (C=O) groups is 1. The van der Waals surface area contributed by atoms with Gasteiger partial charge in [0, 0.05) is 5.69 Å². The molecule has 7 heteroatoms. The van der Waals surface area contributed by atoms with Crippen molar-refractivity contribution in [3.63, 3.8) is 0 Å². The third kappa shape index (κ3) is 4.36. The minimum absolute atomic E-state index is 0.0509. The highest BCUT2D eigenvalue weighted by Gasteiger charge is 2.38. The first-order valence-corrected chi connectivity index (χ1v) is 11.7. The molecule has 6 nitrogen and oxygen atoms in total. The molecule has 1 heterocycles. The molecule has 1 amide bonds. The van der Waals surface area contributed by atoms with E-state index in [0.717, 1.165) is 33.3 Å². The maximum atomic E-state index is 12.1. The molecule has 1 aliphatic heterocycles. The fourth-order valence-electron chi connectivity index (χ4n) is 4.05. The van der Waals surface area contributed by atoms with Gasteiger partial charge < -0.3 is 19.3 Å². The van der Waals surface area contributed by atoms with Gasteiger partial charge in [-0.15, -0.1) is 0 Å². The minimum Gasteiger partial charge on any atom is -0.772 e. The average molecular weight is 453 g/mol. The van der Waals surface area contributed by atoms with Crippen LogP contribution in [0.2, 0.25) is 0 Å². The lowest BCUT2D eigenvalue weighted by Gasteiger charge is -2.21. The van der Waals surface area contributed by atoms with Crippen molar-refractivity contribution in [3.05, 3.63) is 65.7 Å². The first-order chi connectivity index (χ1) is 15.3. The average Bonchev–Trinajstić information content (AvgIpc) is 3.01. The van der Waals surface area contributed by atoms with Crippen LogP contribution in [-0.2, 0) is 27.7 Å². The number of amides is 1. The van der Waals surface area contributed by atoms with Gasteiger partial charge in [-0.3, -0.25) is 9.00 Å². The van der Waals surface area contributed by atoms with E-state index in [-0.39, 0.29) is 12.5 Å². The van der Waals surface area contributed by atoms with Crippen LogP contribution in [0.5, 0.6) is 11.5 Å². The van der Waals surface area contributed by atoms with E-state index in [1.807, 2.05) is 56.3 Å². The molecule has 0 fully saturated rings. The van der Waals surface area contributed by atoms with Gasteiger partial charge >= 0.3 is 0 Å². The fourth-order valence-corrected chi connectivity index (χ4v) is 4.54. The maximum absolute atomic E-state index is 12.1. The van der Waals surface area contributed by atoms with Gasteiger partial charge in [0.25, 0.3) is 0 Å². The van der Waals surface area contributed by atoms with E-state index >= 15 is 0 Å². The first kappa shape index (κ1) is 22.3. The van der Waals surface area contributed by atoms with Crippen molar-refractivity contribution in [1.29, 1.82) is 0 Å². The number of rotatable bonds is 8. The van der Waals surface area contributed by atoms with Gasteiger partial charge in [0.05, 0.1) is 17.8 Å². The van der Waals surface area contributed by atoms with Crippen LogP contribution >= 0.6 is 0 Å². The van der Waals surface area contributed by atoms with E-state index in [1.165, 1.54) is 0 Å². The second kappa shape index (κ2) is 8.92. The Bertz CT molecular complexity index is 1190. The second-order valence-corrected chi connectivity index (χ2v) is 9.71. The summed E-state index contributed by atoms with van der Waals surface area (Å²) < 4.78 is 34.9. The van der Waals surface area contributed by atoms with Crippen LogP contribution in [-0.4, -0.2) is 33.6 Å². The molecule has 3 aromatic rings. The molecule has 0 saturated heterocycles. The molecule has 3 aromatic carbocycles. The molecular weight excluding hydrogens is 426 g/mol. The predicted molar refractivity (Wildman–Crippen MR) is 125 cm³/mol. The van der Waals surface area contributed by atoms with Gasteiger partial charge in [-0.25, -0.2) is 0 Å². The van der Waals surface area contributed by atoms with Crippen molar-refractivity contribution in [1.82, 2.24) is 0 Å². The summed E-state index contributed by atoms with van der Waals surface area (Å²) in [5.74, 6) is 1.29. The molecule has 168 valence electrons. The highest BCUT2D eigenvalue weighted by Crippen LogP contribution is 2.39. The van der Waals surface area contributed by atoms with E-state index in [2.05, 4.69) is 5.32 Å². The molecule has 0 spiro atoms. The normalized spacial score (nSPS) is 16.3. The number of carbonyl (C=O) groups excluding carboxylic acids is 1. The Morgan fingerprint density at radius 3 is 2.62 bits per heavy atom. The number of hydrogen-bond donors (Lipinski definition) is 1. The summed E-state index contributed by atoms with van der Waals surface area (Å²) in [4.78, 5) is 12.1. The lowest BCUT2D eigenvalue weighted by Crippen LogP contribution is -2.27. The van der Waals surface area contributed by atoms with Crippen LogP contribution in [0.25, 0.3) is 10.8 Å². The first-order valence-electron chi connectivity index (χ1n) is 10.5. The minimum atomic E-state index is -2.27. The molecule has 0 saturated carbocycles. The molecule has 1 aliphatic rings. The topological polar surface area (TPSA) is 87.7 Å². The summed E-state index contributed by atoms with van der Waals surface area (Å²) in [7, 11) is 1.63. The van der Waals surface area contributed by atoms with Crippen molar-refractivity contribution >= 4 is 33.4 Å². The molecule has 1 N–H and O–H groups in total. The Balaban J connectivity index is 1.45. The summed E-state index contributed by atoms with van der Waals surface area (Å²) in [6, 6.07) is 17.3. The van der Waals surface area contributed by atoms with Crippen LogP contribution in [0.15, 0.2) is 54.6 Å². The number of fused-ring (bicyclic) bond motifs is 2. The van der Waals surface area contributed by atoms with E-state index in [0.29, 0.717) is 18.6 Å². The zero-order valence-electron chi connectivity index (χ0n) is 18.3. The third-order valence-electron chi connectivity index (χ3n) is 6.10. The number of ether oxygens (including phenoxy) is 2. The largest absolute Gasteiger partial charge is 0.772 e. The third-order valence-corrected chi connectivity index (χ3v) is 7.02. The van der Waals surface area contributed by atoms with Gasteiger partial charge in [-0.05, 0) is 90.0 Å². The number of methoxy groups -OCH3 is 1. The zero-order valence-corrected chi connectivity index (χ0v) is 19.2. The van der Waals surface area contributed by atoms with E-state index in [1.54, 1.807) is 19.2 Å². The molecule has 0 bridgehead atoms. The lowest BCUT2D eigenvalue weighted by atomic mass is 9.86. The van der Waals surface area contributed by atoms with Crippen LogP contribution in [0.4, 0.5) is 5.69 Å². The van der Waals surface area contributed by atoms with Crippen molar-refractivity contribution in [3.8, 4) is 11.5 Å². The standard InChI is InChI=1S/C25H27NO5S/c1-25(2)22-14-19(9-12-23(22)26-24(25)27)31-15-20(32(28)29)10-7-16-5-4-6-17-13-18(30-3)8-11-21(16)17/h4-6,8-9,11-14,20H,7,10,15H2,1-3H3,(H,26,27)(H,28,29)/p-1. The van der Waals surface area contributed by atoms with Crippen molar-refractivity contribution in [2.24, 2.45) is 0 Å². The van der Waals surface area contributed by atoms with Crippen molar-refractivity contribution in [2.45, 2.75) is 37.4 Å². The summed E-state index contributed by atoms with van der Waals surface area (Å²) in [5.41, 5.74) is 2.06. The van der Waals surface area contributed by atoms with E-state index in [9.17, 15) is 13.6 Å². The highest BCUT2D eigenvalue weighted by molar-refractivity contribution is 7.79. The Morgan fingerprint density at radius 1 is 1.09 bits per heavy atom. The van der Waals surface area contributed by atoms with Crippen molar-refractivity contribution in [2.75, 3.05) is 19.0 Å². The van der Waals surface area contributed by atoms with Crippen LogP contribution in [0, 0.1) is 0 Å². The quantitative estimate of drug-likeness (QED) is 0.514. The molecule has 0 aliphatic carbocycles. The molecule has 2 atom stereocenters. The number of anilines is 1. The van der Waals surface area contributed by atoms with E-state index < -0.39 is 21.7 Å². The van der Waals surface area contributed by atoms with Gasteiger partial charge in [0.15, 0.2) is 0 Å². The molecule has 0 aromatic heterocycles. The lowest BCUT2D eigenvalue weighted by molar-refractivity contribution is -0.119. The number of hydrogen-bond acceptors (Lipinski definition) is 5. The smallest absolute Gasteiger partial charge is 0.234 e. The molecular formula is C25H26NO5S-.